The molecule has 3 aromatic carbocycles. The molecule has 0 radical (unpaired) electrons. The third kappa shape index (κ3) is 3.82. The number of carbonyl (C=O) groups excluding carboxylic acids is 1. The predicted molar refractivity (Wildman–Crippen MR) is 115 cm³/mol. The molecule has 0 unspecified atom stereocenters. The van der Waals surface area contributed by atoms with Crippen molar-refractivity contribution in [2.75, 3.05) is 12.4 Å². The van der Waals surface area contributed by atoms with E-state index in [0.717, 1.165) is 22.2 Å². The Hall–Kier alpha value is -3.31. The molecule has 0 aliphatic carbocycles. The van der Waals surface area contributed by atoms with Crippen LogP contribution in [0, 0.1) is 13.8 Å². The van der Waals surface area contributed by atoms with Crippen molar-refractivity contribution in [2.24, 2.45) is 0 Å². The second-order valence-electron chi connectivity index (χ2n) is 6.83. The van der Waals surface area contributed by atoms with E-state index in [2.05, 4.69) is 10.3 Å². The molecule has 4 rings (SSSR count). The van der Waals surface area contributed by atoms with Gasteiger partial charge in [0.1, 0.15) is 11.3 Å². The lowest BCUT2D eigenvalue weighted by molar-refractivity contribution is 0.102. The quantitative estimate of drug-likeness (QED) is 0.449. The number of rotatable bonds is 4. The van der Waals surface area contributed by atoms with Crippen LogP contribution in [0.4, 0.5) is 5.69 Å². The van der Waals surface area contributed by atoms with E-state index in [1.54, 1.807) is 49.6 Å². The van der Waals surface area contributed by atoms with Crippen LogP contribution in [0.25, 0.3) is 22.6 Å². The molecule has 1 aromatic heterocycles. The maximum atomic E-state index is 12.5. The maximum Gasteiger partial charge on any atom is 0.255 e. The van der Waals surface area contributed by atoms with Crippen LogP contribution in [-0.2, 0) is 0 Å². The van der Waals surface area contributed by atoms with Crippen molar-refractivity contribution in [2.45, 2.75) is 13.8 Å². The van der Waals surface area contributed by atoms with E-state index in [-0.39, 0.29) is 5.91 Å². The molecule has 1 amide bonds. The molecule has 0 atom stereocenters. The third-order valence-corrected chi connectivity index (χ3v) is 4.96. The van der Waals surface area contributed by atoms with Gasteiger partial charge >= 0.3 is 0 Å². The molecule has 5 nitrogen and oxygen atoms in total. The highest BCUT2D eigenvalue weighted by Gasteiger charge is 2.15. The second-order valence-corrected chi connectivity index (χ2v) is 7.23. The van der Waals surface area contributed by atoms with Gasteiger partial charge < -0.3 is 14.5 Å². The van der Waals surface area contributed by atoms with Gasteiger partial charge in [-0.1, -0.05) is 17.7 Å². The number of nitrogens with zero attached hydrogens (tertiary/aromatic N) is 1. The maximum absolute atomic E-state index is 12.5. The zero-order valence-electron chi connectivity index (χ0n) is 16.2. The van der Waals surface area contributed by atoms with E-state index in [9.17, 15) is 4.79 Å². The van der Waals surface area contributed by atoms with Crippen molar-refractivity contribution in [3.05, 3.63) is 76.3 Å². The number of aromatic nitrogens is 1. The molecule has 0 saturated heterocycles. The normalized spacial score (nSPS) is 10.9. The topological polar surface area (TPSA) is 64.4 Å². The number of fused-ring (bicyclic) bond motifs is 1. The Bertz CT molecular complexity index is 1210. The number of carbonyl (C=O) groups is 1. The number of hydrogen-bond donors (Lipinski definition) is 1. The van der Waals surface area contributed by atoms with Crippen molar-refractivity contribution in [3.8, 4) is 17.2 Å². The van der Waals surface area contributed by atoms with Crippen molar-refractivity contribution in [1.82, 2.24) is 4.98 Å². The molecule has 6 heteroatoms. The van der Waals surface area contributed by atoms with Gasteiger partial charge in [-0.25, -0.2) is 4.98 Å². The lowest BCUT2D eigenvalue weighted by atomic mass is 10.1. The standard InChI is InChI=1S/C23H19ClN2O3/c1-13-10-14(2)21-20(11-13)26-23(29-21)18-12-16(6-9-19(18)24)25-22(27)15-4-7-17(28-3)8-5-15/h4-12H,1-3H3,(H,25,27). The first-order valence-electron chi connectivity index (χ1n) is 9.08. The summed E-state index contributed by atoms with van der Waals surface area (Å²) in [5.74, 6) is 0.876. The van der Waals surface area contributed by atoms with Crippen LogP contribution in [0.2, 0.25) is 5.02 Å². The van der Waals surface area contributed by atoms with E-state index >= 15 is 0 Å². The van der Waals surface area contributed by atoms with Gasteiger partial charge in [0.05, 0.1) is 17.7 Å². The highest BCUT2D eigenvalue weighted by atomic mass is 35.5. The molecular weight excluding hydrogens is 388 g/mol. The van der Waals surface area contributed by atoms with Crippen LogP contribution in [0.3, 0.4) is 0 Å². The van der Waals surface area contributed by atoms with Crippen LogP contribution in [0.1, 0.15) is 21.5 Å². The monoisotopic (exact) mass is 406 g/mol. The molecule has 1 heterocycles. The van der Waals surface area contributed by atoms with E-state index in [1.807, 2.05) is 26.0 Å². The molecule has 0 fully saturated rings. The van der Waals surface area contributed by atoms with Crippen molar-refractivity contribution in [1.29, 1.82) is 0 Å². The van der Waals surface area contributed by atoms with E-state index in [1.165, 1.54) is 0 Å². The minimum atomic E-state index is -0.232. The highest BCUT2D eigenvalue weighted by Crippen LogP contribution is 2.33. The SMILES string of the molecule is COc1ccc(C(=O)Nc2ccc(Cl)c(-c3nc4cc(C)cc(C)c4o3)c2)cc1. The number of ether oxygens (including phenoxy) is 1. The van der Waals surface area contributed by atoms with Gasteiger partial charge in [-0.2, -0.15) is 0 Å². The summed E-state index contributed by atoms with van der Waals surface area (Å²) in [4.78, 5) is 17.1. The lowest BCUT2D eigenvalue weighted by Gasteiger charge is -2.08. The van der Waals surface area contributed by atoms with Gasteiger partial charge in [0, 0.05) is 11.3 Å². The highest BCUT2D eigenvalue weighted by molar-refractivity contribution is 6.33. The number of hydrogen-bond acceptors (Lipinski definition) is 4. The first-order valence-corrected chi connectivity index (χ1v) is 9.45. The zero-order chi connectivity index (χ0) is 20.5. The van der Waals surface area contributed by atoms with Crippen LogP contribution in [-0.4, -0.2) is 18.0 Å². The van der Waals surface area contributed by atoms with Crippen molar-refractivity contribution < 1.29 is 13.9 Å². The average Bonchev–Trinajstić information content (AvgIpc) is 3.13. The molecule has 0 bridgehead atoms. The fraction of sp³-hybridized carbons (Fsp3) is 0.130. The van der Waals surface area contributed by atoms with Crippen molar-refractivity contribution >= 4 is 34.3 Å². The number of methoxy groups -OCH3 is 1. The zero-order valence-corrected chi connectivity index (χ0v) is 17.0. The Labute approximate surface area is 173 Å². The fourth-order valence-corrected chi connectivity index (χ4v) is 3.40. The summed E-state index contributed by atoms with van der Waals surface area (Å²) in [6, 6.07) is 16.1. The van der Waals surface area contributed by atoms with Gasteiger partial charge in [0.25, 0.3) is 5.91 Å². The van der Waals surface area contributed by atoms with E-state index in [4.69, 9.17) is 20.8 Å². The number of nitrogens with one attached hydrogen (secondary N) is 1. The first-order chi connectivity index (χ1) is 13.9. The van der Waals surface area contributed by atoms with Crippen LogP contribution < -0.4 is 10.1 Å². The number of oxazole rings is 1. The summed E-state index contributed by atoms with van der Waals surface area (Å²) >= 11 is 6.39. The summed E-state index contributed by atoms with van der Waals surface area (Å²) < 4.78 is 11.1. The smallest absolute Gasteiger partial charge is 0.255 e. The molecule has 0 spiro atoms. The van der Waals surface area contributed by atoms with Gasteiger partial charge in [0.2, 0.25) is 5.89 Å². The summed E-state index contributed by atoms with van der Waals surface area (Å²) in [5.41, 5.74) is 5.37. The summed E-state index contributed by atoms with van der Waals surface area (Å²) in [5, 5.41) is 3.37. The molecule has 29 heavy (non-hydrogen) atoms. The first kappa shape index (κ1) is 19.0. The predicted octanol–water partition coefficient (Wildman–Crippen LogP) is 6.03. The summed E-state index contributed by atoms with van der Waals surface area (Å²) in [6.07, 6.45) is 0. The number of benzene rings is 3. The Morgan fingerprint density at radius 3 is 2.55 bits per heavy atom. The Balaban J connectivity index is 1.65. The summed E-state index contributed by atoms with van der Waals surface area (Å²) in [7, 11) is 1.58. The Morgan fingerprint density at radius 2 is 1.83 bits per heavy atom. The second kappa shape index (κ2) is 7.60. The molecule has 0 saturated carbocycles. The van der Waals surface area contributed by atoms with Gasteiger partial charge in [-0.05, 0) is 73.5 Å². The minimum Gasteiger partial charge on any atom is -0.497 e. The minimum absolute atomic E-state index is 0.232. The van der Waals surface area contributed by atoms with Gasteiger partial charge in [0.15, 0.2) is 5.58 Å². The van der Waals surface area contributed by atoms with E-state index in [0.29, 0.717) is 33.5 Å². The molecule has 146 valence electrons. The Kier molecular flexibility index (Phi) is 4.99. The molecule has 0 aliphatic heterocycles. The number of anilines is 1. The van der Waals surface area contributed by atoms with Crippen LogP contribution in [0.15, 0.2) is 59.0 Å². The fourth-order valence-electron chi connectivity index (χ4n) is 3.20. The van der Waals surface area contributed by atoms with Gasteiger partial charge in [-0.15, -0.1) is 0 Å². The molecule has 0 aliphatic rings. The van der Waals surface area contributed by atoms with E-state index < -0.39 is 0 Å². The molecule has 1 N–H and O–H groups in total. The van der Waals surface area contributed by atoms with Crippen LogP contribution in [0.5, 0.6) is 5.75 Å². The number of aryl methyl sites for hydroxylation is 2. The Morgan fingerprint density at radius 1 is 1.07 bits per heavy atom. The molecular formula is C23H19ClN2O3. The van der Waals surface area contributed by atoms with Crippen molar-refractivity contribution in [3.63, 3.8) is 0 Å². The summed E-state index contributed by atoms with van der Waals surface area (Å²) in [6.45, 7) is 4.00. The van der Waals surface area contributed by atoms with Gasteiger partial charge in [-0.3, -0.25) is 4.79 Å². The number of halogens is 1. The average molecular weight is 407 g/mol. The number of amides is 1. The third-order valence-electron chi connectivity index (χ3n) is 4.63. The molecule has 4 aromatic rings. The largest absolute Gasteiger partial charge is 0.497 e. The van der Waals surface area contributed by atoms with Crippen LogP contribution >= 0.6 is 11.6 Å². The lowest BCUT2D eigenvalue weighted by Crippen LogP contribution is -2.11.